The molecule has 4 atom stereocenters. The standard InChI is InChI=1S/C26H44O4Si/c1-18(2)10-9-11-19(3)14-22(28)15-21-17-29-25(30-31(7,8)26(4,5)6)24-20(16-27)12-13-23(21)24/h10,12,14,17,22-25,27-28H,9,11,13,15-16H2,1-8H3/b19-14+/t22-,23-,24-,25+/m1/s1. The van der Waals surface area contributed by atoms with Gasteiger partial charge >= 0.3 is 0 Å². The Bertz CT molecular complexity index is 735. The van der Waals surface area contributed by atoms with Gasteiger partial charge in [0.15, 0.2) is 14.6 Å². The summed E-state index contributed by atoms with van der Waals surface area (Å²) >= 11 is 0. The first-order valence-corrected chi connectivity index (χ1v) is 14.6. The van der Waals surface area contributed by atoms with Crippen molar-refractivity contribution in [2.24, 2.45) is 11.8 Å². The van der Waals surface area contributed by atoms with Crippen LogP contribution in [-0.4, -0.2) is 37.5 Å². The monoisotopic (exact) mass is 448 g/mol. The fourth-order valence-corrected chi connectivity index (χ4v) is 5.27. The van der Waals surface area contributed by atoms with E-state index < -0.39 is 14.4 Å². The van der Waals surface area contributed by atoms with Crippen molar-refractivity contribution >= 4 is 8.32 Å². The van der Waals surface area contributed by atoms with Gasteiger partial charge in [-0.05, 0) is 75.2 Å². The van der Waals surface area contributed by atoms with Gasteiger partial charge in [-0.1, -0.05) is 50.1 Å². The lowest BCUT2D eigenvalue weighted by atomic mass is 9.81. The first-order valence-electron chi connectivity index (χ1n) is 11.7. The molecule has 2 N–H and O–H groups in total. The van der Waals surface area contributed by atoms with Crippen LogP contribution in [0, 0.1) is 11.8 Å². The van der Waals surface area contributed by atoms with Gasteiger partial charge in [-0.25, -0.2) is 0 Å². The van der Waals surface area contributed by atoms with Gasteiger partial charge in [0.05, 0.1) is 24.9 Å². The summed E-state index contributed by atoms with van der Waals surface area (Å²) in [4.78, 5) is 0. The normalized spacial score (nSPS) is 25.4. The lowest BCUT2D eigenvalue weighted by molar-refractivity contribution is -0.0948. The topological polar surface area (TPSA) is 58.9 Å². The molecular formula is C26H44O4Si. The molecule has 1 aliphatic heterocycles. The Morgan fingerprint density at radius 3 is 2.52 bits per heavy atom. The summed E-state index contributed by atoms with van der Waals surface area (Å²) in [7, 11) is -2.02. The van der Waals surface area contributed by atoms with Crippen LogP contribution in [0.4, 0.5) is 0 Å². The van der Waals surface area contributed by atoms with Crippen molar-refractivity contribution in [3.8, 4) is 0 Å². The Balaban J connectivity index is 2.11. The molecule has 0 aromatic rings. The van der Waals surface area contributed by atoms with Crippen LogP contribution in [0.25, 0.3) is 0 Å². The molecule has 31 heavy (non-hydrogen) atoms. The van der Waals surface area contributed by atoms with E-state index >= 15 is 0 Å². The summed E-state index contributed by atoms with van der Waals surface area (Å²) in [6.45, 7) is 17.5. The summed E-state index contributed by atoms with van der Waals surface area (Å²) in [5, 5.41) is 20.7. The van der Waals surface area contributed by atoms with Crippen LogP contribution in [0.2, 0.25) is 18.1 Å². The van der Waals surface area contributed by atoms with Crippen LogP contribution in [-0.2, 0) is 9.16 Å². The van der Waals surface area contributed by atoms with Crippen molar-refractivity contribution in [3.63, 3.8) is 0 Å². The van der Waals surface area contributed by atoms with Gasteiger partial charge in [0, 0.05) is 6.42 Å². The second-order valence-corrected chi connectivity index (χ2v) is 15.7. The molecule has 1 aliphatic carbocycles. The number of hydrogen-bond donors (Lipinski definition) is 2. The molecule has 0 aromatic heterocycles. The largest absolute Gasteiger partial charge is 0.473 e. The molecule has 0 unspecified atom stereocenters. The Labute approximate surface area is 190 Å². The smallest absolute Gasteiger partial charge is 0.197 e. The van der Waals surface area contributed by atoms with Crippen molar-refractivity contribution in [3.05, 3.63) is 46.8 Å². The first-order chi connectivity index (χ1) is 14.4. The molecule has 2 aliphatic rings. The minimum absolute atomic E-state index is 0.0223. The van der Waals surface area contributed by atoms with Gasteiger partial charge in [-0.3, -0.25) is 0 Å². The number of aliphatic hydroxyl groups excluding tert-OH is 2. The van der Waals surface area contributed by atoms with Gasteiger partial charge < -0.3 is 19.4 Å². The second kappa shape index (κ2) is 10.6. The van der Waals surface area contributed by atoms with Gasteiger partial charge in [0.25, 0.3) is 0 Å². The van der Waals surface area contributed by atoms with E-state index in [1.54, 1.807) is 0 Å². The minimum atomic E-state index is -2.02. The van der Waals surface area contributed by atoms with Crippen molar-refractivity contribution < 1.29 is 19.4 Å². The summed E-state index contributed by atoms with van der Waals surface area (Å²) in [6, 6.07) is 0. The highest BCUT2D eigenvalue weighted by molar-refractivity contribution is 6.74. The van der Waals surface area contributed by atoms with Gasteiger partial charge in [-0.15, -0.1) is 0 Å². The number of rotatable bonds is 9. The average molecular weight is 449 g/mol. The molecule has 2 rings (SSSR count). The van der Waals surface area contributed by atoms with Crippen molar-refractivity contribution in [1.29, 1.82) is 0 Å². The fraction of sp³-hybridized carbons (Fsp3) is 0.692. The van der Waals surface area contributed by atoms with Crippen LogP contribution in [0.3, 0.4) is 0 Å². The highest BCUT2D eigenvalue weighted by Gasteiger charge is 2.47. The van der Waals surface area contributed by atoms with E-state index in [0.29, 0.717) is 6.42 Å². The Morgan fingerprint density at radius 1 is 1.26 bits per heavy atom. The van der Waals surface area contributed by atoms with E-state index in [-0.39, 0.29) is 29.8 Å². The molecule has 4 nitrogen and oxygen atoms in total. The SMILES string of the molecule is CC(C)=CCC/C(C)=C/[C@@H](O)CC1=CO[C@@H](O[Si](C)(C)C(C)(C)C)[C@@H]2C(CO)=CC[C@H]12. The number of ether oxygens (including phenoxy) is 1. The maximum atomic E-state index is 10.7. The number of aliphatic hydroxyl groups is 2. The van der Waals surface area contributed by atoms with Crippen molar-refractivity contribution in [1.82, 2.24) is 0 Å². The molecule has 0 bridgehead atoms. The van der Waals surface area contributed by atoms with E-state index in [2.05, 4.69) is 66.8 Å². The molecule has 0 radical (unpaired) electrons. The zero-order valence-electron chi connectivity index (χ0n) is 20.9. The summed E-state index contributed by atoms with van der Waals surface area (Å²) in [5.74, 6) is 0.244. The van der Waals surface area contributed by atoms with Crippen LogP contribution in [0.5, 0.6) is 0 Å². The van der Waals surface area contributed by atoms with Crippen LogP contribution < -0.4 is 0 Å². The van der Waals surface area contributed by atoms with E-state index in [9.17, 15) is 10.2 Å². The average Bonchev–Trinajstić information content (AvgIpc) is 3.07. The predicted octanol–water partition coefficient (Wildman–Crippen LogP) is 6.25. The van der Waals surface area contributed by atoms with Crippen LogP contribution in [0.15, 0.2) is 46.8 Å². The molecule has 176 valence electrons. The molecule has 0 saturated heterocycles. The Kier molecular flexibility index (Phi) is 8.97. The lowest BCUT2D eigenvalue weighted by Gasteiger charge is -2.43. The molecular weight excluding hydrogens is 404 g/mol. The van der Waals surface area contributed by atoms with Crippen LogP contribution in [0.1, 0.15) is 67.2 Å². The predicted molar refractivity (Wildman–Crippen MR) is 131 cm³/mol. The van der Waals surface area contributed by atoms with Gasteiger partial charge in [0.1, 0.15) is 0 Å². The first kappa shape index (κ1) is 26.1. The molecule has 0 fully saturated rings. The Morgan fingerprint density at radius 2 is 1.94 bits per heavy atom. The van der Waals surface area contributed by atoms with Gasteiger partial charge in [0.2, 0.25) is 0 Å². The van der Waals surface area contributed by atoms with Crippen LogP contribution >= 0.6 is 0 Å². The lowest BCUT2D eigenvalue weighted by Crippen LogP contribution is -2.48. The highest BCUT2D eigenvalue weighted by atomic mass is 28.4. The maximum absolute atomic E-state index is 10.7. The zero-order valence-corrected chi connectivity index (χ0v) is 21.9. The Hall–Kier alpha value is -1.14. The van der Waals surface area contributed by atoms with Gasteiger partial charge in [-0.2, -0.15) is 0 Å². The number of hydrogen-bond acceptors (Lipinski definition) is 4. The zero-order chi connectivity index (χ0) is 23.4. The quantitative estimate of drug-likeness (QED) is 0.323. The number of allylic oxidation sites excluding steroid dienone is 4. The summed E-state index contributed by atoms with van der Waals surface area (Å²) in [5.41, 5.74) is 4.65. The highest BCUT2D eigenvalue weighted by Crippen LogP contribution is 2.47. The summed E-state index contributed by atoms with van der Waals surface area (Å²) in [6.07, 6.45) is 10.6. The minimum Gasteiger partial charge on any atom is -0.473 e. The third-order valence-corrected chi connectivity index (χ3v) is 11.5. The van der Waals surface area contributed by atoms with E-state index in [1.165, 1.54) is 11.1 Å². The van der Waals surface area contributed by atoms with Crippen molar-refractivity contribution in [2.45, 2.75) is 97.8 Å². The molecule has 0 saturated carbocycles. The van der Waals surface area contributed by atoms with E-state index in [0.717, 1.165) is 30.4 Å². The third kappa shape index (κ3) is 6.92. The maximum Gasteiger partial charge on any atom is 0.197 e. The van der Waals surface area contributed by atoms with E-state index in [4.69, 9.17) is 9.16 Å². The molecule has 1 heterocycles. The third-order valence-electron chi connectivity index (χ3n) is 7.03. The molecule has 5 heteroatoms. The molecule has 0 amide bonds. The summed E-state index contributed by atoms with van der Waals surface area (Å²) < 4.78 is 12.7. The fourth-order valence-electron chi connectivity index (χ4n) is 4.13. The molecule has 0 spiro atoms. The van der Waals surface area contributed by atoms with E-state index in [1.807, 2.05) is 12.3 Å². The number of fused-ring (bicyclic) bond motifs is 1. The molecule has 0 aromatic carbocycles. The van der Waals surface area contributed by atoms with Crippen molar-refractivity contribution in [2.75, 3.05) is 6.61 Å². The second-order valence-electron chi connectivity index (χ2n) is 11.0.